The van der Waals surface area contributed by atoms with Crippen LogP contribution in [0.25, 0.3) is 0 Å². The number of carbonyl (C=O) groups is 2. The predicted molar refractivity (Wildman–Crippen MR) is 54.9 cm³/mol. The maximum Gasteiger partial charge on any atom is 0.320 e. The summed E-state index contributed by atoms with van der Waals surface area (Å²) < 4.78 is 0. The van der Waals surface area contributed by atoms with E-state index in [9.17, 15) is 9.59 Å². The third-order valence-corrected chi connectivity index (χ3v) is 2.93. The summed E-state index contributed by atoms with van der Waals surface area (Å²) in [5.74, 6) is -0.856. The number of carboxylic acid groups (broad SMARTS) is 1. The fraction of sp³-hybridized carbons (Fsp3) is 0.800. The summed E-state index contributed by atoms with van der Waals surface area (Å²) in [6.45, 7) is 0. The Morgan fingerprint density at radius 2 is 2.00 bits per heavy atom. The van der Waals surface area contributed by atoms with Crippen molar-refractivity contribution >= 4 is 11.9 Å². The Morgan fingerprint density at radius 3 is 2.40 bits per heavy atom. The zero-order valence-electron chi connectivity index (χ0n) is 8.69. The topological polar surface area (TPSA) is 106 Å². The minimum atomic E-state index is -0.953. The van der Waals surface area contributed by atoms with E-state index in [1.807, 2.05) is 0 Å². The molecule has 5 heteroatoms. The molecule has 0 aliphatic heterocycles. The molecule has 15 heavy (non-hydrogen) atoms. The molecule has 0 aromatic carbocycles. The van der Waals surface area contributed by atoms with Crippen molar-refractivity contribution in [1.82, 2.24) is 0 Å². The first-order chi connectivity index (χ1) is 7.02. The summed E-state index contributed by atoms with van der Waals surface area (Å²) >= 11 is 0. The molecule has 1 aliphatic rings. The number of hydrogen-bond donors (Lipinski definition) is 3. The average Bonchev–Trinajstić information content (AvgIpc) is 2.94. The molecule has 1 saturated carbocycles. The van der Waals surface area contributed by atoms with Gasteiger partial charge in [-0.15, -0.1) is 0 Å². The lowest BCUT2D eigenvalue weighted by Crippen LogP contribution is -2.39. The minimum Gasteiger partial charge on any atom is -0.480 e. The highest BCUT2D eigenvalue weighted by Crippen LogP contribution is 2.40. The van der Waals surface area contributed by atoms with Gasteiger partial charge in [0.05, 0.1) is 0 Å². The SMILES string of the molecule is NC(=O)CCCC(C1CC1)C(N)C(=O)O. The van der Waals surface area contributed by atoms with E-state index in [0.29, 0.717) is 25.2 Å². The monoisotopic (exact) mass is 214 g/mol. The molecule has 5 N–H and O–H groups in total. The predicted octanol–water partition coefficient (Wildman–Crippen LogP) is 0.0801. The molecule has 0 radical (unpaired) electrons. The van der Waals surface area contributed by atoms with Crippen molar-refractivity contribution in [2.75, 3.05) is 0 Å². The van der Waals surface area contributed by atoms with Gasteiger partial charge >= 0.3 is 5.97 Å². The molecule has 2 unspecified atom stereocenters. The second kappa shape index (κ2) is 5.11. The van der Waals surface area contributed by atoms with E-state index in [1.54, 1.807) is 0 Å². The van der Waals surface area contributed by atoms with Crippen molar-refractivity contribution in [3.63, 3.8) is 0 Å². The summed E-state index contributed by atoms with van der Waals surface area (Å²) in [5, 5.41) is 8.82. The normalized spacial score (nSPS) is 19.5. The van der Waals surface area contributed by atoms with Crippen LogP contribution in [0, 0.1) is 11.8 Å². The highest BCUT2D eigenvalue weighted by Gasteiger charge is 2.37. The lowest BCUT2D eigenvalue weighted by atomic mass is 9.89. The molecular formula is C10H18N2O3. The summed E-state index contributed by atoms with van der Waals surface area (Å²) in [7, 11) is 0. The van der Waals surface area contributed by atoms with Crippen LogP contribution in [0.1, 0.15) is 32.1 Å². The molecule has 86 valence electrons. The number of nitrogens with two attached hydrogens (primary N) is 2. The molecule has 0 bridgehead atoms. The van der Waals surface area contributed by atoms with Gasteiger partial charge in [0.2, 0.25) is 5.91 Å². The van der Waals surface area contributed by atoms with Crippen molar-refractivity contribution < 1.29 is 14.7 Å². The van der Waals surface area contributed by atoms with E-state index < -0.39 is 12.0 Å². The van der Waals surface area contributed by atoms with Gasteiger partial charge in [-0.3, -0.25) is 9.59 Å². The Morgan fingerprint density at radius 1 is 1.40 bits per heavy atom. The molecule has 1 aliphatic carbocycles. The Hall–Kier alpha value is -1.10. The second-order valence-corrected chi connectivity index (χ2v) is 4.22. The van der Waals surface area contributed by atoms with Crippen LogP contribution in [0.4, 0.5) is 0 Å². The fourth-order valence-corrected chi connectivity index (χ4v) is 1.93. The molecule has 1 fully saturated rings. The molecule has 0 heterocycles. The van der Waals surface area contributed by atoms with E-state index >= 15 is 0 Å². The number of carboxylic acids is 1. The first-order valence-corrected chi connectivity index (χ1v) is 5.29. The number of hydrogen-bond acceptors (Lipinski definition) is 3. The van der Waals surface area contributed by atoms with Crippen molar-refractivity contribution in [2.24, 2.45) is 23.3 Å². The van der Waals surface area contributed by atoms with E-state index in [4.69, 9.17) is 16.6 Å². The summed E-state index contributed by atoms with van der Waals surface area (Å²) in [6.07, 6.45) is 3.75. The van der Waals surface area contributed by atoms with Crippen molar-refractivity contribution in [1.29, 1.82) is 0 Å². The van der Waals surface area contributed by atoms with E-state index in [1.165, 1.54) is 0 Å². The minimum absolute atomic E-state index is 0.00171. The van der Waals surface area contributed by atoms with E-state index in [2.05, 4.69) is 0 Å². The quantitative estimate of drug-likeness (QED) is 0.558. The average molecular weight is 214 g/mol. The highest BCUT2D eigenvalue weighted by molar-refractivity contribution is 5.74. The summed E-state index contributed by atoms with van der Waals surface area (Å²) in [5.41, 5.74) is 10.6. The molecule has 1 amide bonds. The Balaban J connectivity index is 2.37. The lowest BCUT2D eigenvalue weighted by molar-refractivity contribution is -0.140. The number of aliphatic carboxylic acids is 1. The molecule has 0 aromatic heterocycles. The fourth-order valence-electron chi connectivity index (χ4n) is 1.93. The van der Waals surface area contributed by atoms with Crippen LogP contribution in [0.5, 0.6) is 0 Å². The zero-order valence-corrected chi connectivity index (χ0v) is 8.69. The molecule has 1 rings (SSSR count). The van der Waals surface area contributed by atoms with Crippen LogP contribution in [-0.4, -0.2) is 23.0 Å². The largest absolute Gasteiger partial charge is 0.480 e. The molecule has 0 saturated heterocycles. The standard InChI is InChI=1S/C10H18N2O3/c11-8(13)3-1-2-7(6-4-5-6)9(12)10(14)15/h6-7,9H,1-5,12H2,(H2,11,13)(H,14,15). The first-order valence-electron chi connectivity index (χ1n) is 5.29. The van der Waals surface area contributed by atoms with E-state index in [0.717, 1.165) is 12.8 Å². The third kappa shape index (κ3) is 3.87. The van der Waals surface area contributed by atoms with Crippen molar-refractivity contribution in [3.8, 4) is 0 Å². The molecule has 5 nitrogen and oxygen atoms in total. The highest BCUT2D eigenvalue weighted by atomic mass is 16.4. The smallest absolute Gasteiger partial charge is 0.320 e. The van der Waals surface area contributed by atoms with Gasteiger partial charge in [0.15, 0.2) is 0 Å². The van der Waals surface area contributed by atoms with Gasteiger partial charge in [0, 0.05) is 6.42 Å². The van der Waals surface area contributed by atoms with Gasteiger partial charge in [-0.25, -0.2) is 0 Å². The molecule has 0 aromatic rings. The van der Waals surface area contributed by atoms with Gasteiger partial charge < -0.3 is 16.6 Å². The molecule has 0 spiro atoms. The second-order valence-electron chi connectivity index (χ2n) is 4.22. The van der Waals surface area contributed by atoms with Crippen molar-refractivity contribution in [3.05, 3.63) is 0 Å². The number of rotatable bonds is 7. The summed E-state index contributed by atoms with van der Waals surface area (Å²) in [4.78, 5) is 21.3. The van der Waals surface area contributed by atoms with Gasteiger partial charge in [-0.2, -0.15) is 0 Å². The van der Waals surface area contributed by atoms with Crippen LogP contribution in [0.15, 0.2) is 0 Å². The van der Waals surface area contributed by atoms with E-state index in [-0.39, 0.29) is 11.8 Å². The number of carbonyl (C=O) groups excluding carboxylic acids is 1. The lowest BCUT2D eigenvalue weighted by Gasteiger charge is -2.19. The van der Waals surface area contributed by atoms with Crippen LogP contribution < -0.4 is 11.5 Å². The molecule has 2 atom stereocenters. The maximum absolute atomic E-state index is 10.8. The van der Waals surface area contributed by atoms with Crippen LogP contribution >= 0.6 is 0 Å². The first kappa shape index (κ1) is 12.0. The zero-order chi connectivity index (χ0) is 11.4. The Bertz CT molecular complexity index is 251. The third-order valence-electron chi connectivity index (χ3n) is 2.93. The van der Waals surface area contributed by atoms with Gasteiger partial charge in [0.25, 0.3) is 0 Å². The molecular weight excluding hydrogens is 196 g/mol. The Labute approximate surface area is 88.8 Å². The number of primary amides is 1. The van der Waals surface area contributed by atoms with Gasteiger partial charge in [0.1, 0.15) is 6.04 Å². The van der Waals surface area contributed by atoms with Crippen molar-refractivity contribution in [2.45, 2.75) is 38.1 Å². The number of amides is 1. The summed E-state index contributed by atoms with van der Waals surface area (Å²) in [6, 6.07) is -0.801. The van der Waals surface area contributed by atoms with Crippen LogP contribution in [0.3, 0.4) is 0 Å². The van der Waals surface area contributed by atoms with Gasteiger partial charge in [-0.05, 0) is 37.5 Å². The van der Waals surface area contributed by atoms with Crippen LogP contribution in [-0.2, 0) is 9.59 Å². The van der Waals surface area contributed by atoms with Crippen LogP contribution in [0.2, 0.25) is 0 Å². The maximum atomic E-state index is 10.8. The van der Waals surface area contributed by atoms with Gasteiger partial charge in [-0.1, -0.05) is 0 Å². The Kier molecular flexibility index (Phi) is 4.08.